The number of nitrogen functional groups attached to an aromatic ring is 1. The van der Waals surface area contributed by atoms with Crippen molar-refractivity contribution < 1.29 is 19.7 Å². The number of ether oxygens (including phenoxy) is 2. The SMILES string of the molecule is COc1cc(C(C)C)c(Oc2cnc(NC(CCO)CCO)nc2N)cc1Cl. The van der Waals surface area contributed by atoms with Crippen LogP contribution in [0, 0.1) is 0 Å². The molecular formula is C19H27ClN4O4. The Bertz CT molecular complexity index is 783. The first kappa shape index (κ1) is 22.0. The molecule has 8 nitrogen and oxygen atoms in total. The van der Waals surface area contributed by atoms with E-state index in [0.717, 1.165) is 5.56 Å². The van der Waals surface area contributed by atoms with E-state index in [1.807, 2.05) is 19.9 Å². The Balaban J connectivity index is 2.24. The highest BCUT2D eigenvalue weighted by Crippen LogP contribution is 2.39. The minimum atomic E-state index is -0.158. The van der Waals surface area contributed by atoms with E-state index in [-0.39, 0.29) is 31.0 Å². The van der Waals surface area contributed by atoms with E-state index in [1.165, 1.54) is 6.20 Å². The number of nitrogens with two attached hydrogens (primary N) is 1. The van der Waals surface area contributed by atoms with Crippen LogP contribution in [0.2, 0.25) is 5.02 Å². The largest absolute Gasteiger partial charge is 0.495 e. The van der Waals surface area contributed by atoms with Crippen LogP contribution in [0.25, 0.3) is 0 Å². The minimum Gasteiger partial charge on any atom is -0.495 e. The van der Waals surface area contributed by atoms with Gasteiger partial charge in [-0.3, -0.25) is 0 Å². The summed E-state index contributed by atoms with van der Waals surface area (Å²) in [4.78, 5) is 8.44. The molecule has 1 heterocycles. The van der Waals surface area contributed by atoms with Crippen molar-refractivity contribution in [2.45, 2.75) is 38.6 Å². The van der Waals surface area contributed by atoms with Gasteiger partial charge in [0.05, 0.1) is 18.3 Å². The van der Waals surface area contributed by atoms with Gasteiger partial charge in [0.15, 0.2) is 11.6 Å². The van der Waals surface area contributed by atoms with Gasteiger partial charge in [-0.25, -0.2) is 4.98 Å². The Morgan fingerprint density at radius 1 is 1.14 bits per heavy atom. The van der Waals surface area contributed by atoms with Crippen LogP contribution in [0.3, 0.4) is 0 Å². The maximum Gasteiger partial charge on any atom is 0.225 e. The molecule has 2 rings (SSSR count). The van der Waals surface area contributed by atoms with Gasteiger partial charge >= 0.3 is 0 Å². The van der Waals surface area contributed by atoms with Crippen molar-refractivity contribution in [2.75, 3.05) is 31.4 Å². The average molecular weight is 411 g/mol. The zero-order valence-corrected chi connectivity index (χ0v) is 17.0. The van der Waals surface area contributed by atoms with Crippen molar-refractivity contribution in [3.63, 3.8) is 0 Å². The van der Waals surface area contributed by atoms with Crippen molar-refractivity contribution in [3.8, 4) is 17.2 Å². The molecule has 1 aromatic heterocycles. The number of halogens is 1. The highest BCUT2D eigenvalue weighted by Gasteiger charge is 2.17. The Kier molecular flexibility index (Phi) is 8.10. The first-order valence-electron chi connectivity index (χ1n) is 9.05. The molecule has 0 spiro atoms. The summed E-state index contributed by atoms with van der Waals surface area (Å²) in [6.45, 7) is 4.05. The zero-order chi connectivity index (χ0) is 20.7. The highest BCUT2D eigenvalue weighted by molar-refractivity contribution is 6.32. The number of rotatable bonds is 10. The van der Waals surface area contributed by atoms with E-state index in [0.29, 0.717) is 41.1 Å². The van der Waals surface area contributed by atoms with Crippen LogP contribution < -0.4 is 20.5 Å². The fraction of sp³-hybridized carbons (Fsp3) is 0.474. The lowest BCUT2D eigenvalue weighted by Gasteiger charge is -2.18. The number of nitrogens with zero attached hydrogens (tertiary/aromatic N) is 2. The molecule has 0 saturated carbocycles. The molecule has 0 amide bonds. The summed E-state index contributed by atoms with van der Waals surface area (Å²) in [5.74, 6) is 2.05. The summed E-state index contributed by atoms with van der Waals surface area (Å²) in [5.41, 5.74) is 6.95. The molecule has 9 heteroatoms. The van der Waals surface area contributed by atoms with Gasteiger partial charge in [-0.05, 0) is 24.8 Å². The molecule has 1 aromatic carbocycles. The van der Waals surface area contributed by atoms with Crippen LogP contribution in [0.4, 0.5) is 11.8 Å². The molecule has 0 aliphatic rings. The molecule has 0 atom stereocenters. The number of nitrogens with one attached hydrogen (secondary N) is 1. The van der Waals surface area contributed by atoms with Crippen LogP contribution >= 0.6 is 11.6 Å². The molecule has 0 aliphatic heterocycles. The van der Waals surface area contributed by atoms with Crippen molar-refractivity contribution in [1.29, 1.82) is 0 Å². The van der Waals surface area contributed by atoms with E-state index in [4.69, 9.17) is 37.0 Å². The van der Waals surface area contributed by atoms with Crippen LogP contribution in [-0.2, 0) is 0 Å². The summed E-state index contributed by atoms with van der Waals surface area (Å²) >= 11 is 6.24. The fourth-order valence-electron chi connectivity index (χ4n) is 2.68. The van der Waals surface area contributed by atoms with Crippen molar-refractivity contribution >= 4 is 23.4 Å². The van der Waals surface area contributed by atoms with Gasteiger partial charge in [-0.15, -0.1) is 0 Å². The number of methoxy groups -OCH3 is 1. The highest BCUT2D eigenvalue weighted by atomic mass is 35.5. The predicted molar refractivity (Wildman–Crippen MR) is 109 cm³/mol. The molecule has 0 saturated heterocycles. The second-order valence-corrected chi connectivity index (χ2v) is 7.00. The van der Waals surface area contributed by atoms with Crippen molar-refractivity contribution in [3.05, 3.63) is 28.9 Å². The Labute approximate surface area is 169 Å². The Morgan fingerprint density at radius 3 is 2.36 bits per heavy atom. The number of aromatic nitrogens is 2. The van der Waals surface area contributed by atoms with Gasteiger partial charge < -0.3 is 30.7 Å². The molecule has 0 fully saturated rings. The number of hydrogen-bond donors (Lipinski definition) is 4. The Morgan fingerprint density at radius 2 is 1.82 bits per heavy atom. The molecule has 2 aromatic rings. The lowest BCUT2D eigenvalue weighted by Crippen LogP contribution is -2.23. The number of hydrogen-bond acceptors (Lipinski definition) is 8. The topological polar surface area (TPSA) is 123 Å². The third-order valence-electron chi connectivity index (χ3n) is 4.20. The molecule has 0 radical (unpaired) electrons. The van der Waals surface area contributed by atoms with Crippen LogP contribution in [0.15, 0.2) is 18.3 Å². The zero-order valence-electron chi connectivity index (χ0n) is 16.3. The van der Waals surface area contributed by atoms with Gasteiger partial charge in [0.2, 0.25) is 5.95 Å². The predicted octanol–water partition coefficient (Wildman–Crippen LogP) is 3.18. The standard InChI is InChI=1S/C19H27ClN4O4/c1-11(2)13-8-16(27-3)14(20)9-15(13)28-17-10-22-19(24-18(17)21)23-12(4-6-25)5-7-26/h8-12,25-26H,4-7H2,1-3H3,(H3,21,22,23,24). The summed E-state index contributed by atoms with van der Waals surface area (Å²) in [6.07, 6.45) is 2.40. The van der Waals surface area contributed by atoms with Crippen molar-refractivity contribution in [1.82, 2.24) is 9.97 Å². The second-order valence-electron chi connectivity index (χ2n) is 6.59. The number of benzene rings is 1. The van der Waals surface area contributed by atoms with Gasteiger partial charge in [0.1, 0.15) is 11.5 Å². The molecule has 0 aliphatic carbocycles. The van der Waals surface area contributed by atoms with Gasteiger partial charge in [-0.2, -0.15) is 4.98 Å². The first-order chi connectivity index (χ1) is 13.4. The first-order valence-corrected chi connectivity index (χ1v) is 9.43. The lowest BCUT2D eigenvalue weighted by atomic mass is 10.0. The molecule has 154 valence electrons. The molecular weight excluding hydrogens is 384 g/mol. The fourth-order valence-corrected chi connectivity index (χ4v) is 2.91. The third-order valence-corrected chi connectivity index (χ3v) is 4.49. The van der Waals surface area contributed by atoms with Crippen LogP contribution in [0.1, 0.15) is 38.2 Å². The quantitative estimate of drug-likeness (QED) is 0.471. The molecule has 0 unspecified atom stereocenters. The van der Waals surface area contributed by atoms with Crippen molar-refractivity contribution in [2.24, 2.45) is 0 Å². The molecule has 5 N–H and O–H groups in total. The minimum absolute atomic E-state index is 0.00937. The molecule has 0 bridgehead atoms. The normalized spacial score (nSPS) is 11.1. The van der Waals surface area contributed by atoms with Gasteiger partial charge in [-0.1, -0.05) is 25.4 Å². The second kappa shape index (κ2) is 10.3. The van der Waals surface area contributed by atoms with Gasteiger partial charge in [0, 0.05) is 30.9 Å². The summed E-state index contributed by atoms with van der Waals surface area (Å²) in [7, 11) is 1.56. The maximum atomic E-state index is 9.11. The van der Waals surface area contributed by atoms with Crippen LogP contribution in [-0.4, -0.2) is 46.5 Å². The number of aliphatic hydroxyl groups is 2. The van der Waals surface area contributed by atoms with E-state index < -0.39 is 0 Å². The molecule has 28 heavy (non-hydrogen) atoms. The number of aliphatic hydroxyl groups excluding tert-OH is 2. The Hall–Kier alpha value is -2.29. The summed E-state index contributed by atoms with van der Waals surface area (Å²) in [5, 5.41) is 21.7. The van der Waals surface area contributed by atoms with E-state index in [9.17, 15) is 0 Å². The van der Waals surface area contributed by atoms with Crippen LogP contribution in [0.5, 0.6) is 17.2 Å². The van der Waals surface area contributed by atoms with E-state index >= 15 is 0 Å². The van der Waals surface area contributed by atoms with E-state index in [2.05, 4.69) is 15.3 Å². The third kappa shape index (κ3) is 5.60. The average Bonchev–Trinajstić information content (AvgIpc) is 2.64. The van der Waals surface area contributed by atoms with E-state index in [1.54, 1.807) is 13.2 Å². The summed E-state index contributed by atoms with van der Waals surface area (Å²) in [6, 6.07) is 3.36. The smallest absolute Gasteiger partial charge is 0.225 e. The monoisotopic (exact) mass is 410 g/mol. The number of anilines is 2. The lowest BCUT2D eigenvalue weighted by molar-refractivity contribution is 0.247. The summed E-state index contributed by atoms with van der Waals surface area (Å²) < 4.78 is 11.2. The maximum absolute atomic E-state index is 9.11. The van der Waals surface area contributed by atoms with Gasteiger partial charge in [0.25, 0.3) is 0 Å².